The largest absolute Gasteiger partial charge is 0.497 e. The van der Waals surface area contributed by atoms with Gasteiger partial charge in [0, 0.05) is 6.07 Å². The molecule has 0 aliphatic heterocycles. The first-order chi connectivity index (χ1) is 7.58. The first kappa shape index (κ1) is 12.3. The molecule has 0 radical (unpaired) electrons. The molecule has 1 aromatic rings. The second-order valence-electron chi connectivity index (χ2n) is 2.90. The van der Waals surface area contributed by atoms with Crippen LogP contribution in [0.15, 0.2) is 18.2 Å². The van der Waals surface area contributed by atoms with Crippen LogP contribution in [0.4, 0.5) is 5.69 Å². The van der Waals surface area contributed by atoms with Crippen LogP contribution in [0.3, 0.4) is 0 Å². The van der Waals surface area contributed by atoms with E-state index in [0.717, 1.165) is 0 Å². The highest BCUT2D eigenvalue weighted by molar-refractivity contribution is 6.29. The van der Waals surface area contributed by atoms with Gasteiger partial charge in [-0.2, -0.15) is 0 Å². The Kier molecular flexibility index (Phi) is 4.13. The highest BCUT2D eigenvalue weighted by Crippen LogP contribution is 2.22. The molecule has 0 saturated heterocycles. The summed E-state index contributed by atoms with van der Waals surface area (Å²) in [5.74, 6) is -1.39. The van der Waals surface area contributed by atoms with Crippen molar-refractivity contribution in [3.63, 3.8) is 0 Å². The van der Waals surface area contributed by atoms with Gasteiger partial charge in [0.1, 0.15) is 11.6 Å². The first-order valence-electron chi connectivity index (χ1n) is 4.35. The molecule has 1 aromatic carbocycles. The van der Waals surface area contributed by atoms with Crippen molar-refractivity contribution in [1.82, 2.24) is 0 Å². The standard InChI is InChI=1S/C10H10ClNO4/c1-16-6-2-3-7(10(14)15)8(4-6)12-9(13)5-11/h2-4H,5H2,1H3,(H,12,13)(H,14,15). The number of benzene rings is 1. The summed E-state index contributed by atoms with van der Waals surface area (Å²) in [4.78, 5) is 21.9. The molecular weight excluding hydrogens is 234 g/mol. The Hall–Kier alpha value is -1.75. The van der Waals surface area contributed by atoms with E-state index in [2.05, 4.69) is 5.32 Å². The Morgan fingerprint density at radius 1 is 1.50 bits per heavy atom. The Labute approximate surface area is 97.0 Å². The normalized spacial score (nSPS) is 9.62. The number of anilines is 1. The van der Waals surface area contributed by atoms with Crippen LogP contribution in [-0.2, 0) is 4.79 Å². The molecule has 1 rings (SSSR count). The third kappa shape index (κ3) is 2.87. The molecule has 5 nitrogen and oxygen atoms in total. The lowest BCUT2D eigenvalue weighted by molar-refractivity contribution is -0.113. The fourth-order valence-electron chi connectivity index (χ4n) is 1.12. The molecule has 0 fully saturated rings. The van der Waals surface area contributed by atoms with Gasteiger partial charge in [-0.25, -0.2) is 4.79 Å². The van der Waals surface area contributed by atoms with Crippen LogP contribution < -0.4 is 10.1 Å². The first-order valence-corrected chi connectivity index (χ1v) is 4.89. The van der Waals surface area contributed by atoms with E-state index in [-0.39, 0.29) is 17.1 Å². The quantitative estimate of drug-likeness (QED) is 0.787. The summed E-state index contributed by atoms with van der Waals surface area (Å²) < 4.78 is 4.93. The maximum atomic E-state index is 11.1. The molecule has 0 aromatic heterocycles. The molecule has 0 heterocycles. The minimum absolute atomic E-state index is 0.0146. The lowest BCUT2D eigenvalue weighted by atomic mass is 10.1. The number of nitrogens with one attached hydrogen (secondary N) is 1. The molecule has 0 spiro atoms. The molecule has 6 heteroatoms. The number of ether oxygens (including phenoxy) is 1. The lowest BCUT2D eigenvalue weighted by Crippen LogP contribution is -2.15. The van der Waals surface area contributed by atoms with Crippen molar-refractivity contribution >= 4 is 29.2 Å². The van der Waals surface area contributed by atoms with Gasteiger partial charge in [-0.3, -0.25) is 4.79 Å². The van der Waals surface area contributed by atoms with Gasteiger partial charge in [-0.05, 0) is 12.1 Å². The average molecular weight is 244 g/mol. The van der Waals surface area contributed by atoms with Crippen LogP contribution in [0.2, 0.25) is 0 Å². The number of aromatic carboxylic acids is 1. The molecule has 0 aliphatic carbocycles. The zero-order chi connectivity index (χ0) is 12.1. The number of methoxy groups -OCH3 is 1. The van der Waals surface area contributed by atoms with Gasteiger partial charge in [0.2, 0.25) is 5.91 Å². The Morgan fingerprint density at radius 2 is 2.19 bits per heavy atom. The average Bonchev–Trinajstić information content (AvgIpc) is 2.28. The number of rotatable bonds is 4. The third-order valence-electron chi connectivity index (χ3n) is 1.85. The van der Waals surface area contributed by atoms with E-state index in [9.17, 15) is 9.59 Å². The lowest BCUT2D eigenvalue weighted by Gasteiger charge is -2.09. The van der Waals surface area contributed by atoms with Gasteiger partial charge in [0.25, 0.3) is 0 Å². The van der Waals surface area contributed by atoms with E-state index in [0.29, 0.717) is 5.75 Å². The number of amides is 1. The summed E-state index contributed by atoms with van der Waals surface area (Å²) >= 11 is 5.32. The number of carboxylic acids is 1. The molecule has 0 saturated carbocycles. The van der Waals surface area contributed by atoms with Gasteiger partial charge >= 0.3 is 5.97 Å². The van der Waals surface area contributed by atoms with Crippen LogP contribution in [0.25, 0.3) is 0 Å². The third-order valence-corrected chi connectivity index (χ3v) is 2.10. The molecule has 86 valence electrons. The molecule has 0 unspecified atom stereocenters. The Bertz CT molecular complexity index is 419. The van der Waals surface area contributed by atoms with Gasteiger partial charge in [-0.15, -0.1) is 11.6 Å². The van der Waals surface area contributed by atoms with Crippen molar-refractivity contribution < 1.29 is 19.4 Å². The maximum Gasteiger partial charge on any atom is 0.337 e. The number of carboxylic acid groups (broad SMARTS) is 1. The van der Waals surface area contributed by atoms with Gasteiger partial charge in [0.05, 0.1) is 18.4 Å². The summed E-state index contributed by atoms with van der Waals surface area (Å²) in [7, 11) is 1.45. The highest BCUT2D eigenvalue weighted by atomic mass is 35.5. The number of carbonyl (C=O) groups excluding carboxylic acids is 1. The smallest absolute Gasteiger partial charge is 0.337 e. The van der Waals surface area contributed by atoms with Gasteiger partial charge in [0.15, 0.2) is 0 Å². The SMILES string of the molecule is COc1ccc(C(=O)O)c(NC(=O)CCl)c1. The Balaban J connectivity index is 3.10. The maximum absolute atomic E-state index is 11.1. The van der Waals surface area contributed by atoms with Crippen molar-refractivity contribution in [1.29, 1.82) is 0 Å². The molecule has 2 N–H and O–H groups in total. The summed E-state index contributed by atoms with van der Waals surface area (Å²) in [6, 6.07) is 4.28. The summed E-state index contributed by atoms with van der Waals surface area (Å²) in [5.41, 5.74) is 0.150. The zero-order valence-electron chi connectivity index (χ0n) is 8.49. The number of alkyl halides is 1. The summed E-state index contributed by atoms with van der Waals surface area (Å²) in [5, 5.41) is 11.3. The van der Waals surface area contributed by atoms with Crippen LogP contribution in [-0.4, -0.2) is 30.0 Å². The van der Waals surface area contributed by atoms with E-state index < -0.39 is 11.9 Å². The predicted molar refractivity (Wildman–Crippen MR) is 59.3 cm³/mol. The molecule has 0 bridgehead atoms. The molecule has 1 amide bonds. The second-order valence-corrected chi connectivity index (χ2v) is 3.17. The van der Waals surface area contributed by atoms with Crippen molar-refractivity contribution in [3.8, 4) is 5.75 Å². The van der Waals surface area contributed by atoms with Crippen LogP contribution in [0.1, 0.15) is 10.4 Å². The minimum Gasteiger partial charge on any atom is -0.497 e. The molecule has 0 atom stereocenters. The second kappa shape index (κ2) is 5.37. The minimum atomic E-state index is -1.13. The molecule has 0 aliphatic rings. The topological polar surface area (TPSA) is 75.6 Å². The molecular formula is C10H10ClNO4. The van der Waals surface area contributed by atoms with Crippen LogP contribution in [0, 0.1) is 0 Å². The number of hydrogen-bond acceptors (Lipinski definition) is 3. The van der Waals surface area contributed by atoms with Crippen molar-refractivity contribution in [2.24, 2.45) is 0 Å². The Morgan fingerprint density at radius 3 is 2.69 bits per heavy atom. The van der Waals surface area contributed by atoms with Crippen LogP contribution in [0.5, 0.6) is 5.75 Å². The van der Waals surface area contributed by atoms with Crippen molar-refractivity contribution in [3.05, 3.63) is 23.8 Å². The zero-order valence-corrected chi connectivity index (χ0v) is 9.25. The van der Waals surface area contributed by atoms with E-state index in [1.54, 1.807) is 0 Å². The number of hydrogen-bond donors (Lipinski definition) is 2. The highest BCUT2D eigenvalue weighted by Gasteiger charge is 2.12. The summed E-state index contributed by atoms with van der Waals surface area (Å²) in [6.07, 6.45) is 0. The fraction of sp³-hybridized carbons (Fsp3) is 0.200. The molecule has 16 heavy (non-hydrogen) atoms. The van der Waals surface area contributed by atoms with Crippen molar-refractivity contribution in [2.75, 3.05) is 18.3 Å². The van der Waals surface area contributed by atoms with Gasteiger partial charge < -0.3 is 15.2 Å². The summed E-state index contributed by atoms with van der Waals surface area (Å²) in [6.45, 7) is 0. The van der Waals surface area contributed by atoms with E-state index in [1.165, 1.54) is 25.3 Å². The monoisotopic (exact) mass is 243 g/mol. The number of halogens is 1. The fourth-order valence-corrected chi connectivity index (χ4v) is 1.19. The van der Waals surface area contributed by atoms with E-state index in [4.69, 9.17) is 21.4 Å². The van der Waals surface area contributed by atoms with Gasteiger partial charge in [-0.1, -0.05) is 0 Å². The predicted octanol–water partition coefficient (Wildman–Crippen LogP) is 1.57. The van der Waals surface area contributed by atoms with Crippen LogP contribution >= 0.6 is 11.6 Å². The number of carbonyl (C=O) groups is 2. The van der Waals surface area contributed by atoms with E-state index in [1.807, 2.05) is 0 Å². The van der Waals surface area contributed by atoms with E-state index >= 15 is 0 Å². The van der Waals surface area contributed by atoms with Crippen molar-refractivity contribution in [2.45, 2.75) is 0 Å².